The molecule has 1 aromatic carbocycles. The number of likely N-dealkylation sites (tertiary alicyclic amines) is 1. The van der Waals surface area contributed by atoms with Crippen LogP contribution in [0.25, 0.3) is 0 Å². The lowest BCUT2D eigenvalue weighted by Crippen LogP contribution is -2.46. The third kappa shape index (κ3) is 6.33. The van der Waals surface area contributed by atoms with Crippen molar-refractivity contribution in [2.24, 2.45) is 4.99 Å². The van der Waals surface area contributed by atoms with E-state index in [9.17, 15) is 4.79 Å². The van der Waals surface area contributed by atoms with E-state index in [0.29, 0.717) is 19.0 Å². The van der Waals surface area contributed by atoms with Gasteiger partial charge in [0, 0.05) is 51.4 Å². The van der Waals surface area contributed by atoms with Gasteiger partial charge in [-0.3, -0.25) is 14.7 Å². The van der Waals surface area contributed by atoms with Crippen molar-refractivity contribution in [3.05, 3.63) is 29.8 Å². The molecule has 30 heavy (non-hydrogen) atoms. The van der Waals surface area contributed by atoms with Crippen LogP contribution < -0.4 is 10.2 Å². The predicted octanol–water partition coefficient (Wildman–Crippen LogP) is 3.36. The van der Waals surface area contributed by atoms with Gasteiger partial charge in [-0.15, -0.1) is 24.0 Å². The molecule has 2 aliphatic rings. The number of rotatable bonds is 8. The molecule has 1 unspecified atom stereocenters. The van der Waals surface area contributed by atoms with Crippen molar-refractivity contribution in [3.63, 3.8) is 0 Å². The van der Waals surface area contributed by atoms with E-state index >= 15 is 0 Å². The summed E-state index contributed by atoms with van der Waals surface area (Å²) in [5.74, 6) is 1.17. The Hall–Kier alpha value is -1.35. The molecule has 2 heterocycles. The average Bonchev–Trinajstić information content (AvgIpc) is 3.36. The molecule has 7 heteroatoms. The topological polar surface area (TPSA) is 51.2 Å². The molecule has 0 aromatic heterocycles. The lowest BCUT2D eigenvalue weighted by molar-refractivity contribution is -0.118. The maximum absolute atomic E-state index is 12.7. The molecule has 0 aliphatic carbocycles. The minimum Gasteiger partial charge on any atom is -0.357 e. The maximum atomic E-state index is 12.7. The summed E-state index contributed by atoms with van der Waals surface area (Å²) in [6.45, 7) is 10.0. The van der Waals surface area contributed by atoms with Crippen molar-refractivity contribution in [1.82, 2.24) is 15.1 Å². The van der Waals surface area contributed by atoms with Crippen molar-refractivity contribution in [2.45, 2.75) is 52.0 Å². The number of fused-ring (bicyclic) bond motifs is 1. The van der Waals surface area contributed by atoms with Crippen molar-refractivity contribution >= 4 is 41.5 Å². The van der Waals surface area contributed by atoms with Crippen LogP contribution in [0.2, 0.25) is 0 Å². The number of hydrogen-bond acceptors (Lipinski definition) is 3. The zero-order valence-electron chi connectivity index (χ0n) is 18.8. The number of aliphatic imine (C=N–C) groups is 1. The number of hydrogen-bond donors (Lipinski definition) is 1. The molecule has 168 valence electrons. The summed E-state index contributed by atoms with van der Waals surface area (Å²) < 4.78 is 0. The number of carbonyl (C=O) groups is 1. The van der Waals surface area contributed by atoms with Gasteiger partial charge in [0.1, 0.15) is 0 Å². The van der Waals surface area contributed by atoms with E-state index in [1.54, 1.807) is 0 Å². The molecular formula is C23H38IN5O. The van der Waals surface area contributed by atoms with Gasteiger partial charge in [-0.1, -0.05) is 25.1 Å². The number of amides is 1. The van der Waals surface area contributed by atoms with E-state index in [4.69, 9.17) is 4.99 Å². The standard InChI is InChI=1S/C23H37N5O.HI/c1-4-24-23(26(3)18-20-11-9-16-27(20)5-2)25-15-8-13-22(29)28-17-14-19-10-6-7-12-21(19)28;/h6-7,10,12,20H,4-5,8-9,11,13-18H2,1-3H3,(H,24,25);1H. The highest BCUT2D eigenvalue weighted by molar-refractivity contribution is 14.0. The summed E-state index contributed by atoms with van der Waals surface area (Å²) in [6, 6.07) is 8.85. The first-order chi connectivity index (χ1) is 14.1. The second kappa shape index (κ2) is 12.5. The third-order valence-electron chi connectivity index (χ3n) is 6.08. The fourth-order valence-corrected chi connectivity index (χ4v) is 4.54. The lowest BCUT2D eigenvalue weighted by Gasteiger charge is -2.29. The van der Waals surface area contributed by atoms with Crippen LogP contribution >= 0.6 is 24.0 Å². The molecule has 1 aromatic rings. The molecule has 0 saturated carbocycles. The second-order valence-electron chi connectivity index (χ2n) is 8.07. The van der Waals surface area contributed by atoms with E-state index in [1.165, 1.54) is 24.9 Å². The Labute approximate surface area is 199 Å². The Bertz CT molecular complexity index is 711. The van der Waals surface area contributed by atoms with Gasteiger partial charge >= 0.3 is 0 Å². The van der Waals surface area contributed by atoms with Crippen LogP contribution in [0.5, 0.6) is 0 Å². The monoisotopic (exact) mass is 527 g/mol. The van der Waals surface area contributed by atoms with E-state index < -0.39 is 0 Å². The van der Waals surface area contributed by atoms with Gasteiger partial charge < -0.3 is 15.1 Å². The summed E-state index contributed by atoms with van der Waals surface area (Å²) in [5.41, 5.74) is 2.37. The molecular weight excluding hydrogens is 489 g/mol. The summed E-state index contributed by atoms with van der Waals surface area (Å²) >= 11 is 0. The SMILES string of the molecule is CCNC(=NCCCC(=O)N1CCc2ccccc21)N(C)CC1CCCN1CC.I. The first kappa shape index (κ1) is 24.9. The highest BCUT2D eigenvalue weighted by Gasteiger charge is 2.25. The Morgan fingerprint density at radius 3 is 2.83 bits per heavy atom. The number of para-hydroxylation sites is 1. The fraction of sp³-hybridized carbons (Fsp3) is 0.652. The zero-order chi connectivity index (χ0) is 20.6. The molecule has 0 spiro atoms. The molecule has 1 atom stereocenters. The number of nitrogens with one attached hydrogen (secondary N) is 1. The molecule has 0 bridgehead atoms. The van der Waals surface area contributed by atoms with Crippen molar-refractivity contribution < 1.29 is 4.79 Å². The quantitative estimate of drug-likeness (QED) is 0.244. The third-order valence-corrected chi connectivity index (χ3v) is 6.08. The summed E-state index contributed by atoms with van der Waals surface area (Å²) in [4.78, 5) is 24.2. The summed E-state index contributed by atoms with van der Waals surface area (Å²) in [5, 5.41) is 3.41. The number of halogens is 1. The highest BCUT2D eigenvalue weighted by atomic mass is 127. The number of guanidine groups is 1. The number of benzene rings is 1. The number of anilines is 1. The van der Waals surface area contributed by atoms with Crippen LogP contribution in [0.15, 0.2) is 29.3 Å². The fourth-order valence-electron chi connectivity index (χ4n) is 4.54. The normalized spacial score (nSPS) is 18.8. The van der Waals surface area contributed by atoms with Crippen molar-refractivity contribution in [2.75, 3.05) is 51.2 Å². The van der Waals surface area contributed by atoms with Gasteiger partial charge in [0.25, 0.3) is 0 Å². The minimum absolute atomic E-state index is 0. The smallest absolute Gasteiger partial charge is 0.227 e. The summed E-state index contributed by atoms with van der Waals surface area (Å²) in [6.07, 6.45) is 4.86. The Morgan fingerprint density at radius 2 is 2.07 bits per heavy atom. The van der Waals surface area contributed by atoms with Gasteiger partial charge in [-0.25, -0.2) is 0 Å². The number of likely N-dealkylation sites (N-methyl/N-ethyl adjacent to an activating group) is 2. The molecule has 6 nitrogen and oxygen atoms in total. The molecule has 3 rings (SSSR count). The molecule has 2 aliphatic heterocycles. The Kier molecular flexibility index (Phi) is 10.4. The summed E-state index contributed by atoms with van der Waals surface area (Å²) in [7, 11) is 2.12. The van der Waals surface area contributed by atoms with Crippen LogP contribution in [0, 0.1) is 0 Å². The van der Waals surface area contributed by atoms with Crippen LogP contribution in [0.4, 0.5) is 5.69 Å². The molecule has 1 amide bonds. The minimum atomic E-state index is 0. The second-order valence-corrected chi connectivity index (χ2v) is 8.07. The highest BCUT2D eigenvalue weighted by Crippen LogP contribution is 2.28. The van der Waals surface area contributed by atoms with Crippen molar-refractivity contribution in [1.29, 1.82) is 0 Å². The predicted molar refractivity (Wildman–Crippen MR) is 136 cm³/mol. The van der Waals surface area contributed by atoms with E-state index in [1.807, 2.05) is 17.0 Å². The van der Waals surface area contributed by atoms with Gasteiger partial charge in [0.15, 0.2) is 5.96 Å². The largest absolute Gasteiger partial charge is 0.357 e. The lowest BCUT2D eigenvalue weighted by atomic mass is 10.2. The Morgan fingerprint density at radius 1 is 1.27 bits per heavy atom. The van der Waals surface area contributed by atoms with Gasteiger partial charge in [-0.05, 0) is 57.3 Å². The first-order valence-corrected chi connectivity index (χ1v) is 11.3. The molecule has 1 N–H and O–H groups in total. The maximum Gasteiger partial charge on any atom is 0.227 e. The van der Waals surface area contributed by atoms with Crippen LogP contribution in [-0.2, 0) is 11.2 Å². The van der Waals surface area contributed by atoms with Crippen molar-refractivity contribution in [3.8, 4) is 0 Å². The van der Waals surface area contributed by atoms with Gasteiger partial charge in [0.05, 0.1) is 0 Å². The molecule has 1 fully saturated rings. The first-order valence-electron chi connectivity index (χ1n) is 11.3. The van der Waals surface area contributed by atoms with Gasteiger partial charge in [-0.2, -0.15) is 0 Å². The number of carbonyl (C=O) groups excluding carboxylic acids is 1. The molecule has 1 saturated heterocycles. The Balaban J connectivity index is 0.00000320. The van der Waals surface area contributed by atoms with Gasteiger partial charge in [0.2, 0.25) is 5.91 Å². The van der Waals surface area contributed by atoms with E-state index in [-0.39, 0.29) is 29.9 Å². The van der Waals surface area contributed by atoms with E-state index in [0.717, 1.165) is 50.7 Å². The van der Waals surface area contributed by atoms with E-state index in [2.05, 4.69) is 48.1 Å². The van der Waals surface area contributed by atoms with Crippen LogP contribution in [-0.4, -0.2) is 74.0 Å². The van der Waals surface area contributed by atoms with Crippen LogP contribution in [0.3, 0.4) is 0 Å². The van der Waals surface area contributed by atoms with Crippen LogP contribution in [0.1, 0.15) is 45.1 Å². The zero-order valence-corrected chi connectivity index (χ0v) is 21.1. The molecule has 0 radical (unpaired) electrons. The number of nitrogens with zero attached hydrogens (tertiary/aromatic N) is 4. The average molecular weight is 527 g/mol.